The fourth-order valence-corrected chi connectivity index (χ4v) is 1.69. The van der Waals surface area contributed by atoms with Crippen molar-refractivity contribution in [2.75, 3.05) is 45.9 Å². The Kier molecular flexibility index (Phi) is 6.96. The molecule has 100 valence electrons. The predicted molar refractivity (Wildman–Crippen MR) is 68.1 cm³/mol. The molecule has 2 amide bonds. The Hall–Kier alpha value is -0.810. The lowest BCUT2D eigenvalue weighted by atomic mass is 10.2. The lowest BCUT2D eigenvalue weighted by molar-refractivity contribution is 0.0375. The van der Waals surface area contributed by atoms with Crippen molar-refractivity contribution in [1.82, 2.24) is 15.5 Å². The fraction of sp³-hybridized carbons (Fsp3) is 0.917. The SMILES string of the molecule is CC(C)CNC(=O)NCCCN1CCOCC1. The molecule has 5 nitrogen and oxygen atoms in total. The lowest BCUT2D eigenvalue weighted by Crippen LogP contribution is -2.40. The van der Waals surface area contributed by atoms with Gasteiger partial charge in [0, 0.05) is 26.2 Å². The largest absolute Gasteiger partial charge is 0.379 e. The molecular weight excluding hydrogens is 218 g/mol. The van der Waals surface area contributed by atoms with E-state index in [1.165, 1.54) is 0 Å². The van der Waals surface area contributed by atoms with Crippen molar-refractivity contribution in [2.45, 2.75) is 20.3 Å². The van der Waals surface area contributed by atoms with Crippen LogP contribution in [0.2, 0.25) is 0 Å². The highest BCUT2D eigenvalue weighted by molar-refractivity contribution is 5.73. The van der Waals surface area contributed by atoms with Gasteiger partial charge in [0.25, 0.3) is 0 Å². The standard InChI is InChI=1S/C12H25N3O2/c1-11(2)10-14-12(16)13-4-3-5-15-6-8-17-9-7-15/h11H,3-10H2,1-2H3,(H2,13,14,16). The molecule has 17 heavy (non-hydrogen) atoms. The highest BCUT2D eigenvalue weighted by Crippen LogP contribution is 1.97. The van der Waals surface area contributed by atoms with E-state index in [-0.39, 0.29) is 6.03 Å². The van der Waals surface area contributed by atoms with Gasteiger partial charge in [-0.05, 0) is 18.9 Å². The number of ether oxygens (including phenoxy) is 1. The van der Waals surface area contributed by atoms with E-state index < -0.39 is 0 Å². The third-order valence-electron chi connectivity index (χ3n) is 2.71. The molecular formula is C12H25N3O2. The summed E-state index contributed by atoms with van der Waals surface area (Å²) < 4.78 is 5.28. The summed E-state index contributed by atoms with van der Waals surface area (Å²) in [7, 11) is 0. The predicted octanol–water partition coefficient (Wildman–Crippen LogP) is 0.664. The van der Waals surface area contributed by atoms with Gasteiger partial charge in [0.05, 0.1) is 13.2 Å². The Morgan fingerprint density at radius 1 is 1.29 bits per heavy atom. The van der Waals surface area contributed by atoms with Crippen molar-refractivity contribution in [1.29, 1.82) is 0 Å². The quantitative estimate of drug-likeness (QED) is 0.674. The van der Waals surface area contributed by atoms with Crippen molar-refractivity contribution in [3.05, 3.63) is 0 Å². The van der Waals surface area contributed by atoms with Gasteiger partial charge in [-0.15, -0.1) is 0 Å². The maximum Gasteiger partial charge on any atom is 0.314 e. The van der Waals surface area contributed by atoms with Gasteiger partial charge in [-0.3, -0.25) is 4.90 Å². The number of morpholine rings is 1. The number of amides is 2. The summed E-state index contributed by atoms with van der Waals surface area (Å²) in [4.78, 5) is 13.7. The number of urea groups is 1. The molecule has 1 fully saturated rings. The Labute approximate surface area is 104 Å². The average Bonchev–Trinajstić information content (AvgIpc) is 2.33. The second-order valence-electron chi connectivity index (χ2n) is 4.84. The third-order valence-corrected chi connectivity index (χ3v) is 2.71. The van der Waals surface area contributed by atoms with E-state index in [2.05, 4.69) is 29.4 Å². The highest BCUT2D eigenvalue weighted by atomic mass is 16.5. The van der Waals surface area contributed by atoms with Crippen LogP contribution in [0.15, 0.2) is 0 Å². The van der Waals surface area contributed by atoms with Crippen molar-refractivity contribution >= 4 is 6.03 Å². The van der Waals surface area contributed by atoms with Gasteiger partial charge >= 0.3 is 6.03 Å². The maximum atomic E-state index is 11.3. The first-order valence-electron chi connectivity index (χ1n) is 6.50. The first kappa shape index (κ1) is 14.3. The summed E-state index contributed by atoms with van der Waals surface area (Å²) >= 11 is 0. The zero-order valence-corrected chi connectivity index (χ0v) is 11.0. The fourth-order valence-electron chi connectivity index (χ4n) is 1.69. The molecule has 2 N–H and O–H groups in total. The van der Waals surface area contributed by atoms with Crippen molar-refractivity contribution in [3.8, 4) is 0 Å². The van der Waals surface area contributed by atoms with Gasteiger partial charge in [-0.1, -0.05) is 13.8 Å². The van der Waals surface area contributed by atoms with Gasteiger partial charge in [0.1, 0.15) is 0 Å². The van der Waals surface area contributed by atoms with Crippen LogP contribution in [-0.4, -0.2) is 56.9 Å². The van der Waals surface area contributed by atoms with E-state index in [1.807, 2.05) is 0 Å². The lowest BCUT2D eigenvalue weighted by Gasteiger charge is -2.26. The second-order valence-corrected chi connectivity index (χ2v) is 4.84. The molecule has 1 aliphatic rings. The van der Waals surface area contributed by atoms with Crippen molar-refractivity contribution < 1.29 is 9.53 Å². The van der Waals surface area contributed by atoms with Crippen LogP contribution in [0.3, 0.4) is 0 Å². The number of carbonyl (C=O) groups excluding carboxylic acids is 1. The van der Waals surface area contributed by atoms with E-state index >= 15 is 0 Å². The number of hydrogen-bond donors (Lipinski definition) is 2. The molecule has 0 aromatic heterocycles. The number of nitrogens with zero attached hydrogens (tertiary/aromatic N) is 1. The van der Waals surface area contributed by atoms with E-state index in [1.54, 1.807) is 0 Å². The monoisotopic (exact) mass is 243 g/mol. The third kappa shape index (κ3) is 7.18. The number of rotatable bonds is 6. The van der Waals surface area contributed by atoms with Crippen molar-refractivity contribution in [3.63, 3.8) is 0 Å². The van der Waals surface area contributed by atoms with E-state index in [0.717, 1.165) is 52.4 Å². The maximum absolute atomic E-state index is 11.3. The van der Waals surface area contributed by atoms with Crippen LogP contribution in [0.5, 0.6) is 0 Å². The molecule has 0 radical (unpaired) electrons. The number of hydrogen-bond acceptors (Lipinski definition) is 3. The summed E-state index contributed by atoms with van der Waals surface area (Å²) in [5.41, 5.74) is 0. The molecule has 0 aromatic rings. The molecule has 0 aliphatic carbocycles. The topological polar surface area (TPSA) is 53.6 Å². The van der Waals surface area contributed by atoms with Crippen LogP contribution in [0.1, 0.15) is 20.3 Å². The zero-order chi connectivity index (χ0) is 12.5. The van der Waals surface area contributed by atoms with E-state index in [9.17, 15) is 4.79 Å². The van der Waals surface area contributed by atoms with Crippen LogP contribution in [-0.2, 0) is 4.74 Å². The molecule has 0 saturated carbocycles. The molecule has 1 aliphatic heterocycles. The van der Waals surface area contributed by atoms with Gasteiger partial charge in [0.2, 0.25) is 0 Å². The van der Waals surface area contributed by atoms with Crippen LogP contribution in [0.4, 0.5) is 4.79 Å². The number of carbonyl (C=O) groups is 1. The van der Waals surface area contributed by atoms with Crippen LogP contribution in [0, 0.1) is 5.92 Å². The van der Waals surface area contributed by atoms with Crippen molar-refractivity contribution in [2.24, 2.45) is 5.92 Å². The summed E-state index contributed by atoms with van der Waals surface area (Å²) in [6.07, 6.45) is 0.995. The average molecular weight is 243 g/mol. The Bertz CT molecular complexity index is 216. The minimum absolute atomic E-state index is 0.0549. The normalized spacial score (nSPS) is 17.1. The minimum Gasteiger partial charge on any atom is -0.379 e. The first-order valence-corrected chi connectivity index (χ1v) is 6.50. The van der Waals surface area contributed by atoms with Crippen LogP contribution < -0.4 is 10.6 Å². The van der Waals surface area contributed by atoms with E-state index in [0.29, 0.717) is 5.92 Å². The molecule has 0 atom stereocenters. The minimum atomic E-state index is -0.0549. The smallest absolute Gasteiger partial charge is 0.314 e. The highest BCUT2D eigenvalue weighted by Gasteiger charge is 2.09. The molecule has 0 bridgehead atoms. The molecule has 0 aromatic carbocycles. The zero-order valence-electron chi connectivity index (χ0n) is 11.0. The van der Waals surface area contributed by atoms with Gasteiger partial charge in [-0.25, -0.2) is 4.79 Å². The Morgan fingerprint density at radius 3 is 2.65 bits per heavy atom. The molecule has 5 heteroatoms. The summed E-state index contributed by atoms with van der Waals surface area (Å²) in [6.45, 7) is 10.4. The molecule has 0 unspecified atom stereocenters. The molecule has 1 rings (SSSR count). The number of nitrogens with one attached hydrogen (secondary N) is 2. The summed E-state index contributed by atoms with van der Waals surface area (Å²) in [5.74, 6) is 0.495. The molecule has 1 heterocycles. The summed E-state index contributed by atoms with van der Waals surface area (Å²) in [6, 6.07) is -0.0549. The van der Waals surface area contributed by atoms with E-state index in [4.69, 9.17) is 4.74 Å². The summed E-state index contributed by atoms with van der Waals surface area (Å²) in [5, 5.41) is 5.71. The second kappa shape index (κ2) is 8.31. The molecule has 1 saturated heterocycles. The van der Waals surface area contributed by atoms with Gasteiger partial charge in [0.15, 0.2) is 0 Å². The van der Waals surface area contributed by atoms with Crippen LogP contribution >= 0.6 is 0 Å². The Morgan fingerprint density at radius 2 is 2.00 bits per heavy atom. The van der Waals surface area contributed by atoms with Gasteiger partial charge < -0.3 is 15.4 Å². The Balaban J connectivity index is 1.94. The molecule has 0 spiro atoms. The van der Waals surface area contributed by atoms with Crippen LogP contribution in [0.25, 0.3) is 0 Å². The first-order chi connectivity index (χ1) is 8.18. The van der Waals surface area contributed by atoms with Gasteiger partial charge in [-0.2, -0.15) is 0 Å².